The Hall–Kier alpha value is -2.91. The zero-order chi connectivity index (χ0) is 27.9. The van der Waals surface area contributed by atoms with Crippen molar-refractivity contribution in [3.8, 4) is 17.2 Å². The number of hydrogen-bond donors (Lipinski definition) is 2. The summed E-state index contributed by atoms with van der Waals surface area (Å²) < 4.78 is 64.3. The van der Waals surface area contributed by atoms with Crippen LogP contribution in [0.4, 0.5) is 13.2 Å². The molecule has 2 aliphatic rings. The molecule has 0 saturated heterocycles. The topological polar surface area (TPSA) is 116 Å². The van der Waals surface area contributed by atoms with Gasteiger partial charge in [0.15, 0.2) is 5.78 Å². The number of nitrogens with zero attached hydrogens (tertiary/aromatic N) is 1. The first-order valence-electron chi connectivity index (χ1n) is 11.6. The molecule has 0 aliphatic heterocycles. The summed E-state index contributed by atoms with van der Waals surface area (Å²) in [6, 6.07) is 14.6. The maximum Gasteiger partial charge on any atom is 0.534 e. The molecule has 38 heavy (non-hydrogen) atoms. The summed E-state index contributed by atoms with van der Waals surface area (Å²) in [4.78, 5) is 13.2. The van der Waals surface area contributed by atoms with E-state index in [1.807, 2.05) is 18.2 Å². The van der Waals surface area contributed by atoms with Crippen LogP contribution in [0.2, 0.25) is 0 Å². The van der Waals surface area contributed by atoms with Gasteiger partial charge < -0.3 is 9.39 Å². The van der Waals surface area contributed by atoms with E-state index >= 15 is 0 Å². The summed E-state index contributed by atoms with van der Waals surface area (Å²) in [5.41, 5.74) is -1.10. The lowest BCUT2D eigenvalue weighted by Gasteiger charge is -2.30. The first-order chi connectivity index (χ1) is 17.4. The Bertz CT molecular complexity index is 1300. The molecule has 2 aromatic carbocycles. The molecule has 12 heteroatoms. The largest absolute Gasteiger partial charge is 0.534 e. The van der Waals surface area contributed by atoms with Crippen LogP contribution >= 0.6 is 12.4 Å². The fourth-order valence-electron chi connectivity index (χ4n) is 4.13. The third kappa shape index (κ3) is 7.57. The quantitative estimate of drug-likeness (QED) is 0.250. The minimum Gasteiger partial charge on any atom is -0.381 e. The highest BCUT2D eigenvalue weighted by Crippen LogP contribution is 2.48. The smallest absolute Gasteiger partial charge is 0.381 e. The summed E-state index contributed by atoms with van der Waals surface area (Å²) in [5.74, 6) is -0.407. The van der Waals surface area contributed by atoms with Gasteiger partial charge in [0.2, 0.25) is 0 Å². The zero-order valence-corrected chi connectivity index (χ0v) is 22.8. The summed E-state index contributed by atoms with van der Waals surface area (Å²) in [5, 5.41) is 16.4. The third-order valence-electron chi connectivity index (χ3n) is 5.76. The van der Waals surface area contributed by atoms with Gasteiger partial charge in [0.1, 0.15) is 5.76 Å². The molecule has 2 aromatic rings. The number of carbonyl (C=O) groups is 1. The van der Waals surface area contributed by atoms with Gasteiger partial charge in [0, 0.05) is 24.4 Å². The van der Waals surface area contributed by atoms with Crippen LogP contribution < -0.4 is 5.48 Å². The van der Waals surface area contributed by atoms with E-state index in [4.69, 9.17) is 10.5 Å². The Kier molecular flexibility index (Phi) is 12.0. The van der Waals surface area contributed by atoms with Crippen molar-refractivity contribution in [2.75, 3.05) is 7.05 Å². The number of allylic oxidation sites excluding steroid dienone is 2. The number of rotatable bonds is 3. The number of Topliss-reactive ketones (excluding diaryl/α,β-unsaturated/α-hetero) is 1. The zero-order valence-electron chi connectivity index (χ0n) is 21.1. The minimum atomic E-state index is -5.72. The Balaban J connectivity index is 0.000000945. The fraction of sp³-hybridized carbons (Fsp3) is 0.385. The standard InChI is InChI=1S/C22H16F3NO4S.C3H8.CH5NO.ClH/c23-22(24,25)31(28,29)30-18-6-8-21(9-7-18)12-17-5-4-16(11-19(17)20(21)27)15-3-1-2-14(10-15)13-26;1-3-2;1-2-3;/h1-6,10-11H,7-9,12H2;3H2,1-2H3;2-3H,1H3;1H. The van der Waals surface area contributed by atoms with Gasteiger partial charge in [-0.2, -0.15) is 26.9 Å². The van der Waals surface area contributed by atoms with Crippen LogP contribution in [0.25, 0.3) is 11.1 Å². The first-order valence-corrected chi connectivity index (χ1v) is 13.0. The Morgan fingerprint density at radius 3 is 2.29 bits per heavy atom. The van der Waals surface area contributed by atoms with E-state index in [1.165, 1.54) is 19.5 Å². The van der Waals surface area contributed by atoms with Crippen molar-refractivity contribution >= 4 is 28.3 Å². The molecule has 2 N–H and O–H groups in total. The molecule has 0 aromatic heterocycles. The van der Waals surface area contributed by atoms with Gasteiger partial charge in [-0.1, -0.05) is 44.5 Å². The van der Waals surface area contributed by atoms with E-state index in [-0.39, 0.29) is 43.2 Å². The number of benzene rings is 2. The van der Waals surface area contributed by atoms with E-state index in [1.54, 1.807) is 29.7 Å². The number of halogens is 4. The van der Waals surface area contributed by atoms with Crippen molar-refractivity contribution in [2.45, 2.75) is 51.5 Å². The third-order valence-corrected chi connectivity index (χ3v) is 6.76. The van der Waals surface area contributed by atoms with E-state index in [9.17, 15) is 26.4 Å². The van der Waals surface area contributed by atoms with E-state index < -0.39 is 21.0 Å². The highest BCUT2D eigenvalue weighted by molar-refractivity contribution is 7.87. The van der Waals surface area contributed by atoms with Gasteiger partial charge in [0.25, 0.3) is 0 Å². The monoisotopic (exact) mass is 574 g/mol. The highest BCUT2D eigenvalue weighted by Gasteiger charge is 2.50. The molecule has 1 spiro atoms. The second-order valence-electron chi connectivity index (χ2n) is 8.64. The van der Waals surface area contributed by atoms with Crippen molar-refractivity contribution in [3.63, 3.8) is 0 Å². The van der Waals surface area contributed by atoms with Crippen molar-refractivity contribution in [2.24, 2.45) is 5.41 Å². The van der Waals surface area contributed by atoms with Gasteiger partial charge in [-0.15, -0.1) is 12.4 Å². The molecule has 7 nitrogen and oxygen atoms in total. The van der Waals surface area contributed by atoms with Gasteiger partial charge in [-0.05, 0) is 60.2 Å². The van der Waals surface area contributed by atoms with Crippen LogP contribution in [-0.4, -0.2) is 32.0 Å². The molecule has 0 bridgehead atoms. The summed E-state index contributed by atoms with van der Waals surface area (Å²) in [6.45, 7) is 4.25. The first kappa shape index (κ1) is 33.1. The second-order valence-corrected chi connectivity index (χ2v) is 10.2. The van der Waals surface area contributed by atoms with E-state index in [0.29, 0.717) is 17.5 Å². The lowest BCUT2D eigenvalue weighted by atomic mass is 9.73. The number of nitrogens with one attached hydrogen (secondary N) is 1. The number of hydrogen-bond acceptors (Lipinski definition) is 7. The Labute approximate surface area is 226 Å². The molecule has 0 fully saturated rings. The SMILES string of the molecule is CCC.CNO.Cl.N#Cc1cccc(-c2ccc3c(c2)C(=O)C2(CC=C(OS(=O)(=O)C(F)(F)F)CC2)C3)c1. The van der Waals surface area contributed by atoms with Crippen molar-refractivity contribution < 1.29 is 35.8 Å². The molecule has 1 unspecified atom stereocenters. The fourth-order valence-corrected chi connectivity index (χ4v) is 4.65. The molecule has 1 atom stereocenters. The number of nitriles is 1. The maximum absolute atomic E-state index is 13.2. The van der Waals surface area contributed by atoms with Crippen LogP contribution in [0.1, 0.15) is 61.0 Å². The molecule has 2 aliphatic carbocycles. The molecule has 4 rings (SSSR count). The number of hydroxylamine groups is 1. The molecule has 0 amide bonds. The van der Waals surface area contributed by atoms with Gasteiger partial charge in [0.05, 0.1) is 11.6 Å². The lowest BCUT2D eigenvalue weighted by molar-refractivity contribution is -0.0525. The summed E-state index contributed by atoms with van der Waals surface area (Å²) in [7, 11) is -4.29. The number of ketones is 1. The molecule has 0 heterocycles. The minimum absolute atomic E-state index is 0. The van der Waals surface area contributed by atoms with Gasteiger partial charge in [-0.25, -0.2) is 5.48 Å². The summed E-state index contributed by atoms with van der Waals surface area (Å²) in [6.07, 6.45) is 3.16. The summed E-state index contributed by atoms with van der Waals surface area (Å²) >= 11 is 0. The number of carbonyl (C=O) groups excluding carboxylic acids is 1. The predicted octanol–water partition coefficient (Wildman–Crippen LogP) is 6.32. The molecule has 208 valence electrons. The van der Waals surface area contributed by atoms with E-state index in [2.05, 4.69) is 24.1 Å². The van der Waals surface area contributed by atoms with Crippen molar-refractivity contribution in [1.82, 2.24) is 5.48 Å². The second kappa shape index (κ2) is 13.8. The van der Waals surface area contributed by atoms with Crippen LogP contribution in [0.5, 0.6) is 0 Å². The number of fused-ring (bicyclic) bond motifs is 1. The Morgan fingerprint density at radius 2 is 1.76 bits per heavy atom. The number of alkyl halides is 3. The van der Waals surface area contributed by atoms with Gasteiger partial charge >= 0.3 is 15.6 Å². The normalized spacial score (nSPS) is 17.9. The van der Waals surface area contributed by atoms with Crippen LogP contribution in [0.3, 0.4) is 0 Å². The van der Waals surface area contributed by atoms with Crippen LogP contribution in [0.15, 0.2) is 54.3 Å². The van der Waals surface area contributed by atoms with Gasteiger partial charge in [-0.3, -0.25) is 4.79 Å². The molecule has 0 saturated carbocycles. The maximum atomic E-state index is 13.2. The predicted molar refractivity (Wildman–Crippen MR) is 139 cm³/mol. The van der Waals surface area contributed by atoms with Crippen LogP contribution in [0, 0.1) is 16.7 Å². The highest BCUT2D eigenvalue weighted by atomic mass is 35.5. The average Bonchev–Trinajstić information content (AvgIpc) is 3.11. The Morgan fingerprint density at radius 1 is 1.16 bits per heavy atom. The van der Waals surface area contributed by atoms with Crippen molar-refractivity contribution in [1.29, 1.82) is 5.26 Å². The molecular weight excluding hydrogens is 545 g/mol. The van der Waals surface area contributed by atoms with Crippen LogP contribution in [-0.2, 0) is 20.7 Å². The molecular formula is C26H30ClF3N2O5S. The van der Waals surface area contributed by atoms with E-state index in [0.717, 1.165) is 16.7 Å². The van der Waals surface area contributed by atoms with Crippen molar-refractivity contribution in [3.05, 3.63) is 71.0 Å². The lowest BCUT2D eigenvalue weighted by Crippen LogP contribution is -2.31. The molecule has 0 radical (unpaired) electrons. The average molecular weight is 575 g/mol.